The first-order valence-electron chi connectivity index (χ1n) is 6.96. The molecule has 2 heterocycles. The normalized spacial score (nSPS) is 27.6. The van der Waals surface area contributed by atoms with E-state index < -0.39 is 0 Å². The molecule has 2 aliphatic rings. The van der Waals surface area contributed by atoms with Gasteiger partial charge in [0, 0.05) is 12.5 Å². The minimum atomic E-state index is 0.471. The van der Waals surface area contributed by atoms with Crippen LogP contribution in [-0.4, -0.2) is 19.8 Å². The summed E-state index contributed by atoms with van der Waals surface area (Å²) in [6, 6.07) is 6.84. The Morgan fingerprint density at radius 2 is 1.94 bits per heavy atom. The number of hydrogen-bond acceptors (Lipinski definition) is 3. The maximum Gasteiger partial charge on any atom is 0.161 e. The monoisotopic (exact) mass is 247 g/mol. The maximum atomic E-state index is 5.75. The van der Waals surface area contributed by atoms with Gasteiger partial charge >= 0.3 is 0 Å². The summed E-state index contributed by atoms with van der Waals surface area (Å²) in [6.07, 6.45) is 3.47. The smallest absolute Gasteiger partial charge is 0.161 e. The molecule has 2 atom stereocenters. The highest BCUT2D eigenvalue weighted by molar-refractivity contribution is 5.44. The summed E-state index contributed by atoms with van der Waals surface area (Å²) < 4.78 is 11.4. The van der Waals surface area contributed by atoms with Crippen molar-refractivity contribution in [1.82, 2.24) is 5.32 Å². The lowest BCUT2D eigenvalue weighted by Crippen LogP contribution is -2.31. The molecule has 1 saturated heterocycles. The highest BCUT2D eigenvalue weighted by Crippen LogP contribution is 2.34. The molecule has 0 spiro atoms. The van der Waals surface area contributed by atoms with Crippen molar-refractivity contribution < 1.29 is 9.47 Å². The van der Waals surface area contributed by atoms with E-state index in [0.29, 0.717) is 6.04 Å². The van der Waals surface area contributed by atoms with E-state index in [-0.39, 0.29) is 0 Å². The highest BCUT2D eigenvalue weighted by atomic mass is 16.5. The van der Waals surface area contributed by atoms with Crippen LogP contribution in [0.15, 0.2) is 18.2 Å². The zero-order valence-electron chi connectivity index (χ0n) is 10.9. The highest BCUT2D eigenvalue weighted by Gasteiger charge is 2.20. The fourth-order valence-electron chi connectivity index (χ4n) is 2.68. The van der Waals surface area contributed by atoms with E-state index >= 15 is 0 Å². The Balaban J connectivity index is 1.79. The van der Waals surface area contributed by atoms with Crippen molar-refractivity contribution in [1.29, 1.82) is 0 Å². The Kier molecular flexibility index (Phi) is 3.41. The molecule has 0 bridgehead atoms. The van der Waals surface area contributed by atoms with Crippen molar-refractivity contribution in [3.8, 4) is 11.5 Å². The Hall–Kier alpha value is -1.22. The number of benzene rings is 1. The molecule has 1 aromatic carbocycles. The molecule has 18 heavy (non-hydrogen) atoms. The van der Waals surface area contributed by atoms with E-state index in [9.17, 15) is 0 Å². The summed E-state index contributed by atoms with van der Waals surface area (Å²) in [5, 5.41) is 3.61. The molecular weight excluding hydrogens is 226 g/mol. The van der Waals surface area contributed by atoms with Crippen LogP contribution in [0, 0.1) is 5.92 Å². The van der Waals surface area contributed by atoms with Gasteiger partial charge in [-0.25, -0.2) is 0 Å². The van der Waals surface area contributed by atoms with Gasteiger partial charge in [0.15, 0.2) is 11.5 Å². The van der Waals surface area contributed by atoms with Crippen molar-refractivity contribution in [2.24, 2.45) is 5.92 Å². The van der Waals surface area contributed by atoms with Crippen LogP contribution in [-0.2, 0) is 0 Å². The van der Waals surface area contributed by atoms with E-state index in [1.807, 2.05) is 0 Å². The number of fused-ring (bicyclic) bond motifs is 1. The topological polar surface area (TPSA) is 30.5 Å². The van der Waals surface area contributed by atoms with Gasteiger partial charge in [-0.2, -0.15) is 0 Å². The molecule has 3 rings (SSSR count). The third-order valence-corrected chi connectivity index (χ3v) is 3.83. The summed E-state index contributed by atoms with van der Waals surface area (Å²) >= 11 is 0. The molecular formula is C15H21NO2. The van der Waals surface area contributed by atoms with Gasteiger partial charge in [0.05, 0.1) is 13.2 Å². The van der Waals surface area contributed by atoms with Crippen LogP contribution < -0.4 is 14.8 Å². The van der Waals surface area contributed by atoms with Crippen molar-refractivity contribution in [3.63, 3.8) is 0 Å². The number of nitrogens with one attached hydrogen (secondary N) is 1. The first kappa shape index (κ1) is 11.8. The first-order chi connectivity index (χ1) is 8.83. The molecule has 1 aromatic rings. The van der Waals surface area contributed by atoms with Crippen LogP contribution in [0.4, 0.5) is 0 Å². The number of rotatable bonds is 1. The van der Waals surface area contributed by atoms with Crippen LogP contribution in [0.1, 0.15) is 37.8 Å². The lowest BCUT2D eigenvalue weighted by Gasteiger charge is -2.28. The van der Waals surface area contributed by atoms with Gasteiger partial charge in [0.2, 0.25) is 0 Å². The predicted molar refractivity (Wildman–Crippen MR) is 71.2 cm³/mol. The summed E-state index contributed by atoms with van der Waals surface area (Å²) in [7, 11) is 0. The van der Waals surface area contributed by atoms with E-state index in [1.54, 1.807) is 0 Å². The second kappa shape index (κ2) is 5.19. The number of ether oxygens (including phenoxy) is 2. The molecule has 98 valence electrons. The largest absolute Gasteiger partial charge is 0.490 e. The summed E-state index contributed by atoms with van der Waals surface area (Å²) in [6.45, 7) is 4.92. The Bertz CT molecular complexity index is 411. The van der Waals surface area contributed by atoms with Gasteiger partial charge in [-0.15, -0.1) is 0 Å². The van der Waals surface area contributed by atoms with Crippen LogP contribution in [0.5, 0.6) is 11.5 Å². The quantitative estimate of drug-likeness (QED) is 0.827. The molecule has 1 N–H and O–H groups in total. The zero-order chi connectivity index (χ0) is 12.4. The minimum Gasteiger partial charge on any atom is -0.490 e. The predicted octanol–water partition coefficient (Wildman–Crippen LogP) is 2.91. The zero-order valence-corrected chi connectivity index (χ0v) is 10.9. The number of hydrogen-bond donors (Lipinski definition) is 1. The molecule has 1 fully saturated rings. The van der Waals surface area contributed by atoms with Gasteiger partial charge in [-0.3, -0.25) is 0 Å². The van der Waals surface area contributed by atoms with E-state index in [2.05, 4.69) is 30.4 Å². The summed E-state index contributed by atoms with van der Waals surface area (Å²) in [5.41, 5.74) is 1.33. The Morgan fingerprint density at radius 1 is 1.11 bits per heavy atom. The molecule has 0 amide bonds. The molecule has 3 heteroatoms. The van der Waals surface area contributed by atoms with Gasteiger partial charge in [-0.1, -0.05) is 13.0 Å². The minimum absolute atomic E-state index is 0.471. The second-order valence-corrected chi connectivity index (χ2v) is 5.40. The van der Waals surface area contributed by atoms with E-state index in [1.165, 1.54) is 18.4 Å². The third kappa shape index (κ3) is 2.46. The lowest BCUT2D eigenvalue weighted by atomic mass is 9.92. The van der Waals surface area contributed by atoms with E-state index in [4.69, 9.17) is 9.47 Å². The Labute approximate surface area is 108 Å². The van der Waals surface area contributed by atoms with Crippen LogP contribution in [0.25, 0.3) is 0 Å². The third-order valence-electron chi connectivity index (χ3n) is 3.83. The second-order valence-electron chi connectivity index (χ2n) is 5.40. The fourth-order valence-corrected chi connectivity index (χ4v) is 2.68. The van der Waals surface area contributed by atoms with Crippen LogP contribution in [0.2, 0.25) is 0 Å². The van der Waals surface area contributed by atoms with Crippen molar-refractivity contribution >= 4 is 0 Å². The summed E-state index contributed by atoms with van der Waals surface area (Å²) in [5.74, 6) is 2.59. The van der Waals surface area contributed by atoms with Crippen molar-refractivity contribution in [2.45, 2.75) is 32.2 Å². The molecule has 0 aliphatic carbocycles. The average Bonchev–Trinajstić information content (AvgIpc) is 2.64. The van der Waals surface area contributed by atoms with Gasteiger partial charge < -0.3 is 14.8 Å². The van der Waals surface area contributed by atoms with Gasteiger partial charge in [-0.05, 0) is 43.0 Å². The lowest BCUT2D eigenvalue weighted by molar-refractivity contribution is 0.296. The van der Waals surface area contributed by atoms with Gasteiger partial charge in [0.1, 0.15) is 0 Å². The fraction of sp³-hybridized carbons (Fsp3) is 0.600. The molecule has 2 unspecified atom stereocenters. The van der Waals surface area contributed by atoms with Crippen molar-refractivity contribution in [3.05, 3.63) is 23.8 Å². The van der Waals surface area contributed by atoms with Crippen LogP contribution in [0.3, 0.4) is 0 Å². The molecule has 2 aliphatic heterocycles. The maximum absolute atomic E-state index is 5.75. The number of piperidine rings is 1. The van der Waals surface area contributed by atoms with Gasteiger partial charge in [0.25, 0.3) is 0 Å². The standard InChI is InChI=1S/C15H21NO2/c1-11-3-5-13(16-10-11)12-4-6-14-15(9-12)18-8-2-7-17-14/h4,6,9,11,13,16H,2-3,5,7-8,10H2,1H3. The molecule has 0 aromatic heterocycles. The molecule has 0 radical (unpaired) electrons. The van der Waals surface area contributed by atoms with E-state index in [0.717, 1.165) is 43.6 Å². The SMILES string of the molecule is CC1CCC(c2ccc3c(c2)OCCCO3)NC1. The molecule has 0 saturated carbocycles. The Morgan fingerprint density at radius 3 is 2.72 bits per heavy atom. The van der Waals surface area contributed by atoms with Crippen molar-refractivity contribution in [2.75, 3.05) is 19.8 Å². The first-order valence-corrected chi connectivity index (χ1v) is 6.96. The molecule has 3 nitrogen and oxygen atoms in total. The summed E-state index contributed by atoms with van der Waals surface area (Å²) in [4.78, 5) is 0. The average molecular weight is 247 g/mol. The van der Waals surface area contributed by atoms with Crippen LogP contribution >= 0.6 is 0 Å².